The van der Waals surface area contributed by atoms with Gasteiger partial charge in [0.25, 0.3) is 5.91 Å². The van der Waals surface area contributed by atoms with Crippen molar-refractivity contribution in [3.8, 4) is 0 Å². The molecule has 1 aliphatic heterocycles. The quantitative estimate of drug-likeness (QED) is 0.765. The van der Waals surface area contributed by atoms with Crippen molar-refractivity contribution in [2.45, 2.75) is 59.0 Å². The van der Waals surface area contributed by atoms with Crippen molar-refractivity contribution < 1.29 is 9.18 Å². The molecular formula is C20H29FN4O. The highest BCUT2D eigenvalue weighted by atomic mass is 19.1. The monoisotopic (exact) mass is 360 g/mol. The number of primary amides is 1. The van der Waals surface area contributed by atoms with E-state index in [1.807, 2.05) is 13.8 Å². The molecule has 0 saturated carbocycles. The number of nitrogens with two attached hydrogens (primary N) is 1. The molecular weight excluding hydrogens is 331 g/mol. The number of hydrogen-bond acceptors (Lipinski definition) is 3. The minimum atomic E-state index is -0.614. The Labute approximate surface area is 154 Å². The van der Waals surface area contributed by atoms with Gasteiger partial charge in [-0.05, 0) is 51.7 Å². The zero-order chi connectivity index (χ0) is 19.0. The molecule has 0 aliphatic carbocycles. The summed E-state index contributed by atoms with van der Waals surface area (Å²) in [6.07, 6.45) is 3.17. The zero-order valence-corrected chi connectivity index (χ0v) is 16.1. The molecule has 0 radical (unpaired) electrons. The predicted octanol–water partition coefficient (Wildman–Crippen LogP) is 3.38. The third-order valence-electron chi connectivity index (χ3n) is 5.64. The van der Waals surface area contributed by atoms with Crippen LogP contribution in [0.2, 0.25) is 0 Å². The number of benzene rings is 1. The number of hydrogen-bond donors (Lipinski definition) is 3. The van der Waals surface area contributed by atoms with Gasteiger partial charge in [-0.2, -0.15) is 0 Å². The Morgan fingerprint density at radius 2 is 2.23 bits per heavy atom. The normalized spacial score (nSPS) is 19.1. The molecule has 1 aromatic carbocycles. The van der Waals surface area contributed by atoms with E-state index in [2.05, 4.69) is 29.0 Å². The molecule has 0 spiro atoms. The number of piperidine rings is 1. The Bertz CT molecular complexity index is 829. The number of nitrogens with zero attached hydrogens (tertiary/aromatic N) is 1. The van der Waals surface area contributed by atoms with Crippen LogP contribution in [-0.2, 0) is 0 Å². The lowest BCUT2D eigenvalue weighted by Crippen LogP contribution is -2.48. The predicted molar refractivity (Wildman–Crippen MR) is 104 cm³/mol. The summed E-state index contributed by atoms with van der Waals surface area (Å²) in [7, 11) is 0. The van der Waals surface area contributed by atoms with Gasteiger partial charge in [-0.1, -0.05) is 6.92 Å². The minimum absolute atomic E-state index is 0.212. The summed E-state index contributed by atoms with van der Waals surface area (Å²) in [5.74, 6) is -0.991. The van der Waals surface area contributed by atoms with Crippen LogP contribution >= 0.6 is 0 Å². The number of nitrogens with one attached hydrogen (secondary N) is 2. The van der Waals surface area contributed by atoms with E-state index >= 15 is 4.39 Å². The number of carbonyl (C=O) groups is 1. The van der Waals surface area contributed by atoms with Gasteiger partial charge in [-0.15, -0.1) is 0 Å². The standard InChI is InChI=1S/C20H29FN4O/c1-5-11(2)23-14-7-6-8-25(10-14)19-16(21)9-15(20(22)26)18-17(19)12(3)13(4)24-18/h9,11,14,23-24H,5-8,10H2,1-4H3,(H2,22,26)/t11?,14-/m0/s1. The van der Waals surface area contributed by atoms with Crippen LogP contribution in [0.25, 0.3) is 10.9 Å². The first-order valence-electron chi connectivity index (χ1n) is 9.45. The molecule has 2 heterocycles. The zero-order valence-electron chi connectivity index (χ0n) is 16.1. The van der Waals surface area contributed by atoms with E-state index in [1.165, 1.54) is 6.07 Å². The van der Waals surface area contributed by atoms with Gasteiger partial charge in [-0.25, -0.2) is 4.39 Å². The van der Waals surface area contributed by atoms with E-state index in [0.29, 0.717) is 23.3 Å². The highest BCUT2D eigenvalue weighted by molar-refractivity contribution is 6.10. The van der Waals surface area contributed by atoms with Crippen LogP contribution < -0.4 is 16.0 Å². The number of halogens is 1. The summed E-state index contributed by atoms with van der Waals surface area (Å²) in [4.78, 5) is 17.1. The molecule has 5 nitrogen and oxygen atoms in total. The van der Waals surface area contributed by atoms with Crippen LogP contribution in [0.15, 0.2) is 6.07 Å². The third-order valence-corrected chi connectivity index (χ3v) is 5.64. The first kappa shape index (κ1) is 18.7. The Morgan fingerprint density at radius 1 is 1.50 bits per heavy atom. The van der Waals surface area contributed by atoms with Crippen molar-refractivity contribution >= 4 is 22.5 Å². The van der Waals surface area contributed by atoms with Gasteiger partial charge in [0.05, 0.1) is 16.8 Å². The number of aromatic amines is 1. The van der Waals surface area contributed by atoms with Crippen LogP contribution in [0, 0.1) is 19.7 Å². The van der Waals surface area contributed by atoms with Gasteiger partial charge in [-0.3, -0.25) is 4.79 Å². The van der Waals surface area contributed by atoms with Crippen molar-refractivity contribution in [3.05, 3.63) is 28.7 Å². The lowest BCUT2D eigenvalue weighted by atomic mass is 10.00. The largest absolute Gasteiger partial charge is 0.367 e. The lowest BCUT2D eigenvalue weighted by Gasteiger charge is -2.37. The summed E-state index contributed by atoms with van der Waals surface area (Å²) in [5.41, 5.74) is 8.81. The molecule has 2 aromatic rings. The number of amides is 1. The Hall–Kier alpha value is -2.08. The van der Waals surface area contributed by atoms with E-state index in [-0.39, 0.29) is 11.4 Å². The molecule has 1 unspecified atom stereocenters. The van der Waals surface area contributed by atoms with Gasteiger partial charge in [0, 0.05) is 36.3 Å². The minimum Gasteiger partial charge on any atom is -0.367 e. The Morgan fingerprint density at radius 3 is 2.88 bits per heavy atom. The second-order valence-corrected chi connectivity index (χ2v) is 7.50. The van der Waals surface area contributed by atoms with E-state index in [4.69, 9.17) is 5.73 Å². The second-order valence-electron chi connectivity index (χ2n) is 7.50. The van der Waals surface area contributed by atoms with Crippen LogP contribution in [-0.4, -0.2) is 36.1 Å². The molecule has 1 saturated heterocycles. The maximum Gasteiger partial charge on any atom is 0.250 e. The summed E-state index contributed by atoms with van der Waals surface area (Å²) in [6.45, 7) is 9.81. The van der Waals surface area contributed by atoms with E-state index in [1.54, 1.807) is 0 Å². The highest BCUT2D eigenvalue weighted by Gasteiger charge is 2.27. The first-order valence-corrected chi connectivity index (χ1v) is 9.45. The van der Waals surface area contributed by atoms with Crippen molar-refractivity contribution in [1.29, 1.82) is 0 Å². The third kappa shape index (κ3) is 3.30. The molecule has 3 rings (SSSR count). The number of rotatable bonds is 5. The number of anilines is 1. The lowest BCUT2D eigenvalue weighted by molar-refractivity contribution is 0.100. The fourth-order valence-corrected chi connectivity index (χ4v) is 3.94. The second kappa shape index (κ2) is 7.27. The molecule has 1 aromatic heterocycles. The average molecular weight is 360 g/mol. The number of fused-ring (bicyclic) bond motifs is 1. The molecule has 1 amide bonds. The van der Waals surface area contributed by atoms with Crippen LogP contribution in [0.1, 0.15) is 54.7 Å². The Balaban J connectivity index is 2.06. The van der Waals surface area contributed by atoms with Crippen molar-refractivity contribution in [3.63, 3.8) is 0 Å². The smallest absolute Gasteiger partial charge is 0.250 e. The van der Waals surface area contributed by atoms with Crippen molar-refractivity contribution in [2.75, 3.05) is 18.0 Å². The molecule has 6 heteroatoms. The molecule has 2 atom stereocenters. The van der Waals surface area contributed by atoms with Gasteiger partial charge in [0.2, 0.25) is 0 Å². The summed E-state index contributed by atoms with van der Waals surface area (Å²) >= 11 is 0. The van der Waals surface area contributed by atoms with Crippen molar-refractivity contribution in [2.24, 2.45) is 5.73 Å². The SMILES string of the molecule is CCC(C)N[C@H]1CCCN(c2c(F)cc(C(N)=O)c3[nH]c(C)c(C)c23)C1. The summed E-state index contributed by atoms with van der Waals surface area (Å²) in [6, 6.07) is 2.06. The van der Waals surface area contributed by atoms with Crippen LogP contribution in [0.4, 0.5) is 10.1 Å². The number of aryl methyl sites for hydroxylation is 2. The fraction of sp³-hybridized carbons (Fsp3) is 0.550. The summed E-state index contributed by atoms with van der Waals surface area (Å²) in [5, 5.41) is 4.42. The van der Waals surface area contributed by atoms with E-state index in [0.717, 1.165) is 49.0 Å². The first-order chi connectivity index (χ1) is 12.3. The molecule has 0 bridgehead atoms. The van der Waals surface area contributed by atoms with Crippen LogP contribution in [0.3, 0.4) is 0 Å². The Kier molecular flexibility index (Phi) is 5.23. The van der Waals surface area contributed by atoms with E-state index < -0.39 is 5.91 Å². The molecule has 4 N–H and O–H groups in total. The summed E-state index contributed by atoms with van der Waals surface area (Å²) < 4.78 is 15.1. The van der Waals surface area contributed by atoms with Gasteiger partial charge in [0.15, 0.2) is 0 Å². The number of carbonyl (C=O) groups excluding carboxylic acids is 1. The van der Waals surface area contributed by atoms with Crippen molar-refractivity contribution in [1.82, 2.24) is 10.3 Å². The van der Waals surface area contributed by atoms with Gasteiger partial charge >= 0.3 is 0 Å². The fourth-order valence-electron chi connectivity index (χ4n) is 3.94. The van der Waals surface area contributed by atoms with Gasteiger partial charge < -0.3 is 20.9 Å². The topological polar surface area (TPSA) is 74.2 Å². The van der Waals surface area contributed by atoms with Gasteiger partial charge in [0.1, 0.15) is 5.82 Å². The number of H-pyrrole nitrogens is 1. The maximum absolute atomic E-state index is 15.1. The average Bonchev–Trinajstić information content (AvgIpc) is 2.89. The molecule has 26 heavy (non-hydrogen) atoms. The number of aromatic nitrogens is 1. The van der Waals surface area contributed by atoms with Crippen LogP contribution in [0.5, 0.6) is 0 Å². The highest BCUT2D eigenvalue weighted by Crippen LogP contribution is 2.37. The molecule has 142 valence electrons. The maximum atomic E-state index is 15.1. The molecule has 1 fully saturated rings. The van der Waals surface area contributed by atoms with E-state index in [9.17, 15) is 4.79 Å². The molecule has 1 aliphatic rings.